The molecule has 1 aliphatic heterocycles. The van der Waals surface area contributed by atoms with Gasteiger partial charge in [0.2, 0.25) is 0 Å². The molecular weight excluding hydrogens is 218 g/mol. The Morgan fingerprint density at radius 3 is 2.53 bits per heavy atom. The van der Waals surface area contributed by atoms with Crippen molar-refractivity contribution >= 4 is 23.1 Å². The summed E-state index contributed by atoms with van der Waals surface area (Å²) in [4.78, 5) is 5.81. The number of β-amino-alcohol motifs (C(OH)–C–C–N with tert-alkyl or cyclic N) is 2. The van der Waals surface area contributed by atoms with E-state index in [4.69, 9.17) is 17.3 Å². The first-order valence-electron chi connectivity index (χ1n) is 4.60. The molecule has 0 aromatic carbocycles. The molecule has 1 aromatic heterocycles. The summed E-state index contributed by atoms with van der Waals surface area (Å²) in [5, 5.41) is 19.2. The van der Waals surface area contributed by atoms with Crippen molar-refractivity contribution in [2.45, 2.75) is 12.2 Å². The van der Waals surface area contributed by atoms with E-state index in [1.54, 1.807) is 11.0 Å². The SMILES string of the molecule is Nc1cc(Cl)cnc1N1CC(O)C(O)C1. The second-order valence-corrected chi connectivity index (χ2v) is 4.04. The van der Waals surface area contributed by atoms with Crippen LogP contribution in [0.3, 0.4) is 0 Å². The lowest BCUT2D eigenvalue weighted by Gasteiger charge is -2.18. The first-order chi connectivity index (χ1) is 7.08. The van der Waals surface area contributed by atoms with Crippen LogP contribution in [-0.2, 0) is 0 Å². The number of rotatable bonds is 1. The molecule has 0 radical (unpaired) electrons. The number of pyridine rings is 1. The molecule has 82 valence electrons. The van der Waals surface area contributed by atoms with Gasteiger partial charge in [-0.1, -0.05) is 11.6 Å². The number of aliphatic hydroxyl groups excluding tert-OH is 2. The third kappa shape index (κ3) is 1.99. The lowest BCUT2D eigenvalue weighted by Crippen LogP contribution is -2.23. The monoisotopic (exact) mass is 229 g/mol. The van der Waals surface area contributed by atoms with Crippen LogP contribution in [0.4, 0.5) is 11.5 Å². The Bertz CT molecular complexity index is 364. The molecule has 5 nitrogen and oxygen atoms in total. The van der Waals surface area contributed by atoms with Crippen molar-refractivity contribution in [3.05, 3.63) is 17.3 Å². The molecule has 1 aromatic rings. The van der Waals surface area contributed by atoms with Gasteiger partial charge >= 0.3 is 0 Å². The van der Waals surface area contributed by atoms with Crippen molar-refractivity contribution in [2.75, 3.05) is 23.7 Å². The van der Waals surface area contributed by atoms with Gasteiger partial charge < -0.3 is 20.8 Å². The summed E-state index contributed by atoms with van der Waals surface area (Å²) >= 11 is 5.72. The van der Waals surface area contributed by atoms with E-state index in [-0.39, 0.29) is 0 Å². The minimum absolute atomic E-state index is 0.333. The van der Waals surface area contributed by atoms with Crippen LogP contribution in [0, 0.1) is 0 Å². The molecule has 1 fully saturated rings. The lowest BCUT2D eigenvalue weighted by atomic mass is 10.3. The van der Waals surface area contributed by atoms with Gasteiger partial charge in [-0.25, -0.2) is 4.98 Å². The number of aliphatic hydroxyl groups is 2. The minimum Gasteiger partial charge on any atom is -0.396 e. The zero-order valence-corrected chi connectivity index (χ0v) is 8.72. The Hall–Kier alpha value is -1.04. The summed E-state index contributed by atoms with van der Waals surface area (Å²) in [6, 6.07) is 1.60. The fourth-order valence-electron chi connectivity index (χ4n) is 1.65. The number of hydrogen-bond donors (Lipinski definition) is 3. The number of halogens is 1. The highest BCUT2D eigenvalue weighted by Crippen LogP contribution is 2.26. The van der Waals surface area contributed by atoms with Crippen molar-refractivity contribution in [3.8, 4) is 0 Å². The van der Waals surface area contributed by atoms with Crippen molar-refractivity contribution in [2.24, 2.45) is 0 Å². The van der Waals surface area contributed by atoms with Crippen LogP contribution in [0.15, 0.2) is 12.3 Å². The molecule has 0 amide bonds. The highest BCUT2D eigenvalue weighted by Gasteiger charge is 2.31. The van der Waals surface area contributed by atoms with E-state index in [1.807, 2.05) is 0 Å². The van der Waals surface area contributed by atoms with Gasteiger partial charge in [0, 0.05) is 19.3 Å². The highest BCUT2D eigenvalue weighted by molar-refractivity contribution is 6.30. The number of nitrogen functional groups attached to an aromatic ring is 1. The van der Waals surface area contributed by atoms with E-state index in [0.717, 1.165) is 0 Å². The minimum atomic E-state index is -0.748. The molecule has 4 N–H and O–H groups in total. The van der Waals surface area contributed by atoms with Gasteiger partial charge in [0.1, 0.15) is 0 Å². The second-order valence-electron chi connectivity index (χ2n) is 3.61. The molecule has 0 aliphatic carbocycles. The van der Waals surface area contributed by atoms with Gasteiger partial charge in [0.05, 0.1) is 22.9 Å². The zero-order valence-electron chi connectivity index (χ0n) is 7.97. The first-order valence-corrected chi connectivity index (χ1v) is 4.98. The Morgan fingerprint density at radius 1 is 1.40 bits per heavy atom. The molecule has 15 heavy (non-hydrogen) atoms. The number of aromatic nitrogens is 1. The summed E-state index contributed by atoms with van der Waals surface area (Å²) < 4.78 is 0. The predicted octanol–water partition coefficient (Wildman–Crippen LogP) is -0.141. The average Bonchev–Trinajstić information content (AvgIpc) is 2.46. The van der Waals surface area contributed by atoms with E-state index in [9.17, 15) is 10.2 Å². The molecule has 2 unspecified atom stereocenters. The van der Waals surface area contributed by atoms with Gasteiger partial charge in [0.25, 0.3) is 0 Å². The second kappa shape index (κ2) is 3.84. The van der Waals surface area contributed by atoms with E-state index in [2.05, 4.69) is 4.98 Å². The van der Waals surface area contributed by atoms with Crippen LogP contribution >= 0.6 is 11.6 Å². The maximum absolute atomic E-state index is 9.39. The van der Waals surface area contributed by atoms with Crippen LogP contribution in [-0.4, -0.2) is 40.5 Å². The number of hydrogen-bond acceptors (Lipinski definition) is 5. The van der Waals surface area contributed by atoms with Crippen LogP contribution < -0.4 is 10.6 Å². The fourth-order valence-corrected chi connectivity index (χ4v) is 1.82. The van der Waals surface area contributed by atoms with Gasteiger partial charge in [-0.05, 0) is 6.07 Å². The number of nitrogens with zero attached hydrogens (tertiary/aromatic N) is 2. The number of nitrogens with two attached hydrogens (primary N) is 1. The van der Waals surface area contributed by atoms with Gasteiger partial charge in [-0.3, -0.25) is 0 Å². The van der Waals surface area contributed by atoms with E-state index >= 15 is 0 Å². The molecule has 1 aliphatic rings. The first kappa shape index (κ1) is 10.5. The summed E-state index contributed by atoms with van der Waals surface area (Å²) in [6.07, 6.45) is -0.00611. The Morgan fingerprint density at radius 2 is 2.00 bits per heavy atom. The van der Waals surface area contributed by atoms with E-state index in [0.29, 0.717) is 29.6 Å². The zero-order chi connectivity index (χ0) is 11.0. The van der Waals surface area contributed by atoms with Crippen LogP contribution in [0.5, 0.6) is 0 Å². The average molecular weight is 230 g/mol. The van der Waals surface area contributed by atoms with Crippen molar-refractivity contribution in [1.29, 1.82) is 0 Å². The smallest absolute Gasteiger partial charge is 0.152 e. The molecular formula is C9H12ClN3O2. The van der Waals surface area contributed by atoms with Gasteiger partial charge in [-0.2, -0.15) is 0 Å². The van der Waals surface area contributed by atoms with Crippen molar-refractivity contribution in [1.82, 2.24) is 4.98 Å². The molecule has 0 spiro atoms. The maximum atomic E-state index is 9.39. The quantitative estimate of drug-likeness (QED) is 0.624. The van der Waals surface area contributed by atoms with Crippen molar-refractivity contribution < 1.29 is 10.2 Å². The van der Waals surface area contributed by atoms with Crippen LogP contribution in [0.1, 0.15) is 0 Å². The van der Waals surface area contributed by atoms with Crippen LogP contribution in [0.2, 0.25) is 5.02 Å². The Kier molecular flexibility index (Phi) is 2.68. The topological polar surface area (TPSA) is 82.6 Å². The number of anilines is 2. The predicted molar refractivity (Wildman–Crippen MR) is 57.9 cm³/mol. The molecule has 0 saturated carbocycles. The molecule has 0 bridgehead atoms. The van der Waals surface area contributed by atoms with Gasteiger partial charge in [0.15, 0.2) is 5.82 Å². The summed E-state index contributed by atoms with van der Waals surface area (Å²) in [7, 11) is 0. The Labute approximate surface area is 92.1 Å². The summed E-state index contributed by atoms with van der Waals surface area (Å²) in [5.74, 6) is 0.551. The lowest BCUT2D eigenvalue weighted by molar-refractivity contribution is 0.0572. The maximum Gasteiger partial charge on any atom is 0.152 e. The molecule has 6 heteroatoms. The molecule has 2 atom stereocenters. The highest BCUT2D eigenvalue weighted by atomic mass is 35.5. The summed E-state index contributed by atoms with van der Waals surface area (Å²) in [6.45, 7) is 0.667. The molecule has 2 heterocycles. The third-order valence-corrected chi connectivity index (χ3v) is 2.63. The van der Waals surface area contributed by atoms with Crippen molar-refractivity contribution in [3.63, 3.8) is 0 Å². The van der Waals surface area contributed by atoms with Crippen LogP contribution in [0.25, 0.3) is 0 Å². The Balaban J connectivity index is 2.24. The summed E-state index contributed by atoms with van der Waals surface area (Å²) in [5.41, 5.74) is 6.19. The van der Waals surface area contributed by atoms with E-state index in [1.165, 1.54) is 6.20 Å². The molecule has 2 rings (SSSR count). The fraction of sp³-hybridized carbons (Fsp3) is 0.444. The largest absolute Gasteiger partial charge is 0.396 e. The van der Waals surface area contributed by atoms with Gasteiger partial charge in [-0.15, -0.1) is 0 Å². The standard InChI is InChI=1S/C9H12ClN3O2/c10-5-1-6(11)9(12-2-5)13-3-7(14)8(15)4-13/h1-2,7-8,14-15H,3-4,11H2. The van der Waals surface area contributed by atoms with E-state index < -0.39 is 12.2 Å². The third-order valence-electron chi connectivity index (χ3n) is 2.42. The molecule has 1 saturated heterocycles. The normalized spacial score (nSPS) is 25.9.